The van der Waals surface area contributed by atoms with Gasteiger partial charge in [-0.2, -0.15) is 0 Å². The van der Waals surface area contributed by atoms with E-state index in [1.807, 2.05) is 0 Å². The summed E-state index contributed by atoms with van der Waals surface area (Å²) in [6, 6.07) is 0. The average Bonchev–Trinajstić information content (AvgIpc) is 2.35. The molecule has 1 N–H and O–H groups in total. The van der Waals surface area contributed by atoms with E-state index in [0.717, 1.165) is 12.3 Å². The first-order chi connectivity index (χ1) is 4.38. The van der Waals surface area contributed by atoms with Gasteiger partial charge in [0.15, 0.2) is 0 Å². The first-order valence-electron chi connectivity index (χ1n) is 3.72. The van der Waals surface area contributed by atoms with Gasteiger partial charge in [-0.15, -0.1) is 0 Å². The Kier molecular flexibility index (Phi) is 1.12. The quantitative estimate of drug-likeness (QED) is 0.483. The molecule has 0 radical (unpaired) electrons. The van der Waals surface area contributed by atoms with E-state index in [0.29, 0.717) is 5.92 Å². The fourth-order valence-corrected chi connectivity index (χ4v) is 2.05. The summed E-state index contributed by atoms with van der Waals surface area (Å²) in [6.07, 6.45) is 7.84. The minimum Gasteiger partial charge on any atom is -0.393 e. The van der Waals surface area contributed by atoms with Gasteiger partial charge in [0, 0.05) is 5.92 Å². The van der Waals surface area contributed by atoms with Gasteiger partial charge in [-0.05, 0) is 25.2 Å². The maximum atomic E-state index is 9.35. The molecule has 3 atom stereocenters. The van der Waals surface area contributed by atoms with E-state index in [-0.39, 0.29) is 6.10 Å². The lowest BCUT2D eigenvalue weighted by Crippen LogP contribution is -2.12. The zero-order valence-corrected chi connectivity index (χ0v) is 5.46. The van der Waals surface area contributed by atoms with E-state index in [2.05, 4.69) is 12.2 Å². The molecule has 0 spiro atoms. The lowest BCUT2D eigenvalue weighted by atomic mass is 9.99. The second-order valence-corrected chi connectivity index (χ2v) is 3.15. The second-order valence-electron chi connectivity index (χ2n) is 3.15. The van der Waals surface area contributed by atoms with Crippen molar-refractivity contribution >= 4 is 0 Å². The van der Waals surface area contributed by atoms with Crippen LogP contribution >= 0.6 is 0 Å². The molecule has 1 heteroatoms. The van der Waals surface area contributed by atoms with Crippen molar-refractivity contribution in [1.29, 1.82) is 0 Å². The number of fused-ring (bicyclic) bond motifs is 1. The van der Waals surface area contributed by atoms with Crippen LogP contribution in [0, 0.1) is 11.8 Å². The fraction of sp³-hybridized carbons (Fsp3) is 0.750. The van der Waals surface area contributed by atoms with Crippen molar-refractivity contribution in [3.8, 4) is 0 Å². The van der Waals surface area contributed by atoms with Crippen LogP contribution in [-0.2, 0) is 0 Å². The number of hydrogen-bond acceptors (Lipinski definition) is 1. The normalized spacial score (nSPS) is 47.9. The molecule has 1 nitrogen and oxygen atoms in total. The molecular formula is C8H12O. The molecule has 0 aliphatic heterocycles. The number of rotatable bonds is 0. The van der Waals surface area contributed by atoms with Crippen molar-refractivity contribution < 1.29 is 5.11 Å². The molecule has 0 saturated heterocycles. The molecule has 1 fully saturated rings. The number of allylic oxidation sites excluding steroid dienone is 1. The molecule has 0 aromatic rings. The first-order valence-corrected chi connectivity index (χ1v) is 3.72. The first kappa shape index (κ1) is 5.48. The van der Waals surface area contributed by atoms with Crippen LogP contribution in [0.25, 0.3) is 0 Å². The zero-order chi connectivity index (χ0) is 6.27. The Balaban J connectivity index is 2.15. The molecule has 2 rings (SSSR count). The van der Waals surface area contributed by atoms with Gasteiger partial charge >= 0.3 is 0 Å². The molecule has 0 aromatic carbocycles. The van der Waals surface area contributed by atoms with Crippen LogP contribution in [0.4, 0.5) is 0 Å². The van der Waals surface area contributed by atoms with Crippen molar-refractivity contribution in [3.63, 3.8) is 0 Å². The smallest absolute Gasteiger partial charge is 0.0605 e. The number of aliphatic hydroxyl groups is 1. The van der Waals surface area contributed by atoms with E-state index >= 15 is 0 Å². The van der Waals surface area contributed by atoms with Gasteiger partial charge in [0.1, 0.15) is 0 Å². The van der Waals surface area contributed by atoms with Gasteiger partial charge in [-0.3, -0.25) is 0 Å². The van der Waals surface area contributed by atoms with Gasteiger partial charge < -0.3 is 5.11 Å². The Morgan fingerprint density at radius 1 is 1.33 bits per heavy atom. The molecule has 0 unspecified atom stereocenters. The molecule has 1 saturated carbocycles. The summed E-state index contributed by atoms with van der Waals surface area (Å²) < 4.78 is 0. The summed E-state index contributed by atoms with van der Waals surface area (Å²) in [5.41, 5.74) is 0. The topological polar surface area (TPSA) is 20.2 Å². The second kappa shape index (κ2) is 1.84. The summed E-state index contributed by atoms with van der Waals surface area (Å²) in [4.78, 5) is 0. The van der Waals surface area contributed by atoms with Crippen LogP contribution < -0.4 is 0 Å². The molecule has 0 aromatic heterocycles. The van der Waals surface area contributed by atoms with Crippen molar-refractivity contribution in [2.75, 3.05) is 0 Å². The van der Waals surface area contributed by atoms with Gasteiger partial charge in [-0.1, -0.05) is 12.2 Å². The highest BCUT2D eigenvalue weighted by Gasteiger charge is 2.34. The minimum atomic E-state index is -0.0197. The Morgan fingerprint density at radius 2 is 2.22 bits per heavy atom. The third-order valence-electron chi connectivity index (χ3n) is 2.62. The highest BCUT2D eigenvalue weighted by Crippen LogP contribution is 2.39. The van der Waals surface area contributed by atoms with Crippen molar-refractivity contribution in [2.24, 2.45) is 11.8 Å². The standard InChI is InChI=1S/C8H12O/c9-8-5-4-6-2-1-3-7(6)8/h1,3,6-9H,2,4-5H2/t6-,7-,8-/m0/s1. The molecule has 0 amide bonds. The minimum absolute atomic E-state index is 0.0197. The third kappa shape index (κ3) is 0.715. The van der Waals surface area contributed by atoms with E-state index in [1.54, 1.807) is 0 Å². The highest BCUT2D eigenvalue weighted by molar-refractivity contribution is 5.06. The van der Waals surface area contributed by atoms with Crippen LogP contribution in [-0.4, -0.2) is 11.2 Å². The predicted octanol–water partition coefficient (Wildman–Crippen LogP) is 1.33. The summed E-state index contributed by atoms with van der Waals surface area (Å²) >= 11 is 0. The van der Waals surface area contributed by atoms with Crippen LogP contribution in [0.3, 0.4) is 0 Å². The lowest BCUT2D eigenvalue weighted by molar-refractivity contribution is 0.146. The maximum absolute atomic E-state index is 9.35. The Hall–Kier alpha value is -0.300. The van der Waals surface area contributed by atoms with Crippen LogP contribution in [0.2, 0.25) is 0 Å². The molecule has 2 aliphatic rings. The summed E-state index contributed by atoms with van der Waals surface area (Å²) in [5, 5.41) is 9.35. The molecule has 0 bridgehead atoms. The van der Waals surface area contributed by atoms with Crippen molar-refractivity contribution in [1.82, 2.24) is 0 Å². The van der Waals surface area contributed by atoms with Crippen LogP contribution in [0.1, 0.15) is 19.3 Å². The Labute approximate surface area is 55.4 Å². The van der Waals surface area contributed by atoms with Crippen molar-refractivity contribution in [3.05, 3.63) is 12.2 Å². The summed E-state index contributed by atoms with van der Waals surface area (Å²) in [5.74, 6) is 1.31. The van der Waals surface area contributed by atoms with E-state index in [9.17, 15) is 5.11 Å². The van der Waals surface area contributed by atoms with E-state index in [4.69, 9.17) is 0 Å². The monoisotopic (exact) mass is 124 g/mol. The van der Waals surface area contributed by atoms with E-state index < -0.39 is 0 Å². The van der Waals surface area contributed by atoms with Gasteiger partial charge in [0.25, 0.3) is 0 Å². The van der Waals surface area contributed by atoms with E-state index in [1.165, 1.54) is 12.8 Å². The SMILES string of the molecule is O[C@H]1CC[C@@H]2CC=C[C@@H]21. The highest BCUT2D eigenvalue weighted by atomic mass is 16.3. The third-order valence-corrected chi connectivity index (χ3v) is 2.62. The average molecular weight is 124 g/mol. The van der Waals surface area contributed by atoms with Crippen molar-refractivity contribution in [2.45, 2.75) is 25.4 Å². The zero-order valence-electron chi connectivity index (χ0n) is 5.46. The molecule has 2 aliphatic carbocycles. The fourth-order valence-electron chi connectivity index (χ4n) is 2.05. The van der Waals surface area contributed by atoms with Crippen LogP contribution in [0.5, 0.6) is 0 Å². The Bertz CT molecular complexity index is 140. The van der Waals surface area contributed by atoms with Gasteiger partial charge in [0.05, 0.1) is 6.10 Å². The molecule has 0 heterocycles. The summed E-state index contributed by atoms with van der Waals surface area (Å²) in [6.45, 7) is 0. The predicted molar refractivity (Wildman–Crippen MR) is 36.0 cm³/mol. The van der Waals surface area contributed by atoms with Gasteiger partial charge in [-0.25, -0.2) is 0 Å². The largest absolute Gasteiger partial charge is 0.393 e. The molecule has 50 valence electrons. The molecular weight excluding hydrogens is 112 g/mol. The number of aliphatic hydroxyl groups excluding tert-OH is 1. The number of hydrogen-bond donors (Lipinski definition) is 1. The molecule has 9 heavy (non-hydrogen) atoms. The summed E-state index contributed by atoms with van der Waals surface area (Å²) in [7, 11) is 0. The Morgan fingerprint density at radius 3 is 3.00 bits per heavy atom. The van der Waals surface area contributed by atoms with Gasteiger partial charge in [0.2, 0.25) is 0 Å². The maximum Gasteiger partial charge on any atom is 0.0605 e. The van der Waals surface area contributed by atoms with Crippen LogP contribution in [0.15, 0.2) is 12.2 Å². The lowest BCUT2D eigenvalue weighted by Gasteiger charge is -2.09.